The van der Waals surface area contributed by atoms with Crippen molar-refractivity contribution in [3.05, 3.63) is 39.3 Å². The van der Waals surface area contributed by atoms with Gasteiger partial charge >= 0.3 is 5.97 Å². The van der Waals surface area contributed by atoms with Crippen molar-refractivity contribution in [2.24, 2.45) is 0 Å². The number of thiophene rings is 1. The van der Waals surface area contributed by atoms with E-state index in [4.69, 9.17) is 5.11 Å². The Kier molecular flexibility index (Phi) is 3.88. The van der Waals surface area contributed by atoms with Crippen molar-refractivity contribution in [1.29, 1.82) is 0 Å². The first-order chi connectivity index (χ1) is 8.90. The summed E-state index contributed by atoms with van der Waals surface area (Å²) in [5.41, 5.74) is 0.0393. The highest BCUT2D eigenvalue weighted by atomic mass is 79.9. The number of carboxylic acid groups (broad SMARTS) is 1. The molecule has 19 heavy (non-hydrogen) atoms. The first kappa shape index (κ1) is 14.0. The molecule has 0 aliphatic heterocycles. The van der Waals surface area contributed by atoms with Crippen molar-refractivity contribution in [3.63, 3.8) is 0 Å². The molecule has 0 fully saturated rings. The lowest BCUT2D eigenvalue weighted by molar-refractivity contribution is 0.0703. The summed E-state index contributed by atoms with van der Waals surface area (Å²) >= 11 is 4.07. The van der Waals surface area contributed by atoms with Gasteiger partial charge in [0.15, 0.2) is 0 Å². The van der Waals surface area contributed by atoms with E-state index in [2.05, 4.69) is 25.6 Å². The van der Waals surface area contributed by atoms with Crippen LogP contribution in [0.5, 0.6) is 0 Å². The minimum absolute atomic E-state index is 0.0393. The van der Waals surface area contributed by atoms with Crippen molar-refractivity contribution >= 4 is 48.9 Å². The third-order valence-corrected chi connectivity index (χ3v) is 4.76. The predicted octanol–water partition coefficient (Wildman–Crippen LogP) is 2.40. The second-order valence-corrected chi connectivity index (χ2v) is 6.93. The van der Waals surface area contributed by atoms with E-state index in [1.54, 1.807) is 0 Å². The number of halogens is 1. The smallest absolute Gasteiger partial charge is 0.348 e. The van der Waals surface area contributed by atoms with Crippen LogP contribution in [-0.4, -0.2) is 24.5 Å². The Morgan fingerprint density at radius 2 is 2.16 bits per heavy atom. The maximum absolute atomic E-state index is 12.1. The molecule has 2 aromatic rings. The van der Waals surface area contributed by atoms with Crippen molar-refractivity contribution in [3.8, 4) is 0 Å². The van der Waals surface area contributed by atoms with Crippen LogP contribution in [0, 0.1) is 0 Å². The van der Waals surface area contributed by atoms with E-state index >= 15 is 0 Å². The largest absolute Gasteiger partial charge is 0.477 e. The van der Waals surface area contributed by atoms with Crippen LogP contribution >= 0.6 is 27.3 Å². The summed E-state index contributed by atoms with van der Waals surface area (Å²) in [5.74, 6) is -1.18. The van der Waals surface area contributed by atoms with Crippen LogP contribution in [0.15, 0.2) is 39.3 Å². The van der Waals surface area contributed by atoms with Gasteiger partial charge in [0.2, 0.25) is 0 Å². The van der Waals surface area contributed by atoms with Crippen molar-refractivity contribution in [2.45, 2.75) is 4.90 Å². The Labute approximate surface area is 121 Å². The van der Waals surface area contributed by atoms with Gasteiger partial charge < -0.3 is 5.11 Å². The highest BCUT2D eigenvalue weighted by molar-refractivity contribution is 9.10. The average Bonchev–Trinajstić information content (AvgIpc) is 2.76. The molecule has 0 aliphatic carbocycles. The molecule has 0 bridgehead atoms. The minimum Gasteiger partial charge on any atom is -0.477 e. The van der Waals surface area contributed by atoms with E-state index in [0.717, 1.165) is 11.3 Å². The van der Waals surface area contributed by atoms with E-state index in [9.17, 15) is 13.2 Å². The monoisotopic (exact) mass is 362 g/mol. The van der Waals surface area contributed by atoms with Crippen LogP contribution in [0.3, 0.4) is 0 Å². The molecule has 0 saturated heterocycles. The number of hydrogen-bond acceptors (Lipinski definition) is 5. The average molecular weight is 363 g/mol. The number of nitrogens with zero attached hydrogens (tertiary/aromatic N) is 1. The second-order valence-electron chi connectivity index (χ2n) is 3.41. The van der Waals surface area contributed by atoms with Gasteiger partial charge in [-0.1, -0.05) is 0 Å². The van der Waals surface area contributed by atoms with E-state index in [1.165, 1.54) is 29.9 Å². The molecule has 100 valence electrons. The topological polar surface area (TPSA) is 96.4 Å². The van der Waals surface area contributed by atoms with Crippen LogP contribution < -0.4 is 4.72 Å². The quantitative estimate of drug-likeness (QED) is 0.870. The molecule has 2 N–H and O–H groups in total. The lowest BCUT2D eigenvalue weighted by atomic mass is 10.4. The summed E-state index contributed by atoms with van der Waals surface area (Å²) in [5, 5.41) is 10.4. The summed E-state index contributed by atoms with van der Waals surface area (Å²) in [7, 11) is -3.86. The molecule has 0 saturated carbocycles. The summed E-state index contributed by atoms with van der Waals surface area (Å²) in [6, 6.07) is 2.78. The molecular weight excluding hydrogens is 356 g/mol. The normalized spacial score (nSPS) is 11.2. The SMILES string of the molecule is O=C(O)c1sccc1NS(=O)(=O)c1cncc(Br)c1. The first-order valence-electron chi connectivity index (χ1n) is 4.84. The van der Waals surface area contributed by atoms with E-state index in [-0.39, 0.29) is 15.5 Å². The molecule has 2 rings (SSSR count). The fourth-order valence-electron chi connectivity index (χ4n) is 1.30. The van der Waals surface area contributed by atoms with Crippen molar-refractivity contribution < 1.29 is 18.3 Å². The molecule has 2 aromatic heterocycles. The van der Waals surface area contributed by atoms with Crippen LogP contribution in [0.25, 0.3) is 0 Å². The van der Waals surface area contributed by atoms with Gasteiger partial charge in [-0.05, 0) is 33.4 Å². The Hall–Kier alpha value is -1.45. The van der Waals surface area contributed by atoms with E-state index in [0.29, 0.717) is 4.47 Å². The number of rotatable bonds is 4. The summed E-state index contributed by atoms with van der Waals surface area (Å²) in [4.78, 5) is 14.6. The molecule has 0 atom stereocenters. The van der Waals surface area contributed by atoms with Gasteiger partial charge in [0, 0.05) is 16.9 Å². The Morgan fingerprint density at radius 1 is 1.42 bits per heavy atom. The maximum atomic E-state index is 12.1. The Balaban J connectivity index is 2.37. The summed E-state index contributed by atoms with van der Waals surface area (Å²) in [6.07, 6.45) is 2.63. The molecule has 0 aromatic carbocycles. The molecule has 2 heterocycles. The molecule has 0 unspecified atom stereocenters. The van der Waals surface area contributed by atoms with Crippen LogP contribution in [0.4, 0.5) is 5.69 Å². The van der Waals surface area contributed by atoms with Gasteiger partial charge in [0.25, 0.3) is 10.0 Å². The molecule has 0 aliphatic rings. The number of pyridine rings is 1. The van der Waals surface area contributed by atoms with Gasteiger partial charge in [-0.2, -0.15) is 0 Å². The zero-order valence-electron chi connectivity index (χ0n) is 9.20. The van der Waals surface area contributed by atoms with Gasteiger partial charge in [-0.15, -0.1) is 11.3 Å². The fourth-order valence-corrected chi connectivity index (χ4v) is 3.63. The summed E-state index contributed by atoms with van der Waals surface area (Å²) < 4.78 is 26.9. The number of carboxylic acids is 1. The molecule has 6 nitrogen and oxygen atoms in total. The van der Waals surface area contributed by atoms with E-state index < -0.39 is 16.0 Å². The standard InChI is InChI=1S/C10H7BrN2O4S2/c11-6-3-7(5-12-4-6)19(16,17)13-8-1-2-18-9(8)10(14)15/h1-5,13H,(H,14,15). The zero-order chi connectivity index (χ0) is 14.0. The van der Waals surface area contributed by atoms with Gasteiger partial charge in [0.1, 0.15) is 9.77 Å². The fraction of sp³-hybridized carbons (Fsp3) is 0. The number of carbonyl (C=O) groups is 1. The highest BCUT2D eigenvalue weighted by Gasteiger charge is 2.20. The number of hydrogen-bond donors (Lipinski definition) is 2. The molecular formula is C10H7BrN2O4S2. The number of aromatic nitrogens is 1. The van der Waals surface area contributed by atoms with Crippen LogP contribution in [-0.2, 0) is 10.0 Å². The van der Waals surface area contributed by atoms with Gasteiger partial charge in [0.05, 0.1) is 5.69 Å². The third-order valence-electron chi connectivity index (χ3n) is 2.09. The van der Waals surface area contributed by atoms with Gasteiger partial charge in [-0.3, -0.25) is 9.71 Å². The zero-order valence-corrected chi connectivity index (χ0v) is 12.4. The van der Waals surface area contributed by atoms with Crippen LogP contribution in [0.2, 0.25) is 0 Å². The maximum Gasteiger partial charge on any atom is 0.348 e. The molecule has 0 amide bonds. The molecule has 0 radical (unpaired) electrons. The number of anilines is 1. The third kappa shape index (κ3) is 3.11. The number of nitrogens with one attached hydrogen (secondary N) is 1. The van der Waals surface area contributed by atoms with Gasteiger partial charge in [-0.25, -0.2) is 13.2 Å². The Bertz CT molecular complexity index is 727. The van der Waals surface area contributed by atoms with Crippen molar-refractivity contribution in [2.75, 3.05) is 4.72 Å². The Morgan fingerprint density at radius 3 is 2.79 bits per heavy atom. The number of aromatic carboxylic acids is 1. The van der Waals surface area contributed by atoms with Crippen LogP contribution in [0.1, 0.15) is 9.67 Å². The predicted molar refractivity (Wildman–Crippen MR) is 74.0 cm³/mol. The number of sulfonamides is 1. The highest BCUT2D eigenvalue weighted by Crippen LogP contribution is 2.25. The summed E-state index contributed by atoms with van der Waals surface area (Å²) in [6.45, 7) is 0. The van der Waals surface area contributed by atoms with E-state index in [1.807, 2.05) is 0 Å². The lowest BCUT2D eigenvalue weighted by Crippen LogP contribution is -2.14. The lowest BCUT2D eigenvalue weighted by Gasteiger charge is -2.07. The minimum atomic E-state index is -3.86. The van der Waals surface area contributed by atoms with Crippen molar-refractivity contribution in [1.82, 2.24) is 4.98 Å². The molecule has 9 heteroatoms. The second kappa shape index (κ2) is 5.27. The molecule has 0 spiro atoms. The first-order valence-corrected chi connectivity index (χ1v) is 8.00.